The smallest absolute Gasteiger partial charge is 0.271 e. The molecular formula is C20H21BrClN3O3S. The second-order valence-corrected chi connectivity index (χ2v) is 8.19. The minimum atomic E-state index is -0.477. The van der Waals surface area contributed by atoms with Gasteiger partial charge in [0.05, 0.1) is 10.6 Å². The van der Waals surface area contributed by atoms with E-state index in [0.29, 0.717) is 10.8 Å². The molecule has 0 heterocycles. The molecule has 0 radical (unpaired) electrons. The lowest BCUT2D eigenvalue weighted by Crippen LogP contribution is -2.49. The molecule has 2 aromatic rings. The van der Waals surface area contributed by atoms with Gasteiger partial charge in [-0.15, -0.1) is 0 Å². The molecule has 154 valence electrons. The summed E-state index contributed by atoms with van der Waals surface area (Å²) in [6.07, 6.45) is 0. The van der Waals surface area contributed by atoms with Crippen LogP contribution >= 0.6 is 39.7 Å². The van der Waals surface area contributed by atoms with Crippen molar-refractivity contribution in [3.63, 3.8) is 0 Å². The van der Waals surface area contributed by atoms with Crippen LogP contribution in [0.15, 0.2) is 40.9 Å². The molecule has 0 fully saturated rings. The van der Waals surface area contributed by atoms with Gasteiger partial charge in [0.25, 0.3) is 11.8 Å². The molecule has 6 nitrogen and oxygen atoms in total. The molecule has 2 aromatic carbocycles. The van der Waals surface area contributed by atoms with Gasteiger partial charge in [0.1, 0.15) is 5.75 Å². The maximum Gasteiger partial charge on any atom is 0.271 e. The third-order valence-corrected chi connectivity index (χ3v) is 5.32. The number of carbonyl (C=O) groups is 2. The first kappa shape index (κ1) is 23.1. The number of halogens is 2. The van der Waals surface area contributed by atoms with Crippen molar-refractivity contribution in [2.45, 2.75) is 26.7 Å². The van der Waals surface area contributed by atoms with Crippen molar-refractivity contribution in [2.75, 3.05) is 6.61 Å². The minimum absolute atomic E-state index is 0.0601. The Hall–Kier alpha value is -2.16. The molecule has 3 N–H and O–H groups in total. The fourth-order valence-corrected chi connectivity index (χ4v) is 3.16. The standard InChI is InChI=1S/C20H21BrClN3O3S/c1-11(2)14-9-15(21)12(3)8-17(14)28-10-18(26)23-20(29)25-24-19(27)13-6-4-5-7-16(13)22/h4-9,11H,10H2,1-3H3,(H,24,27)(H2,23,25,26,29). The van der Waals surface area contributed by atoms with Crippen molar-refractivity contribution in [1.82, 2.24) is 16.2 Å². The van der Waals surface area contributed by atoms with Gasteiger partial charge in [0.15, 0.2) is 11.7 Å². The topological polar surface area (TPSA) is 79.5 Å². The first-order chi connectivity index (χ1) is 13.7. The molecule has 0 saturated carbocycles. The average Bonchev–Trinajstić information content (AvgIpc) is 2.66. The van der Waals surface area contributed by atoms with Crippen LogP contribution < -0.4 is 20.9 Å². The molecule has 29 heavy (non-hydrogen) atoms. The number of aryl methyl sites for hydroxylation is 1. The molecule has 2 rings (SSSR count). The van der Waals surface area contributed by atoms with Crippen LogP contribution in [0.25, 0.3) is 0 Å². The summed E-state index contributed by atoms with van der Waals surface area (Å²) in [5.41, 5.74) is 7.12. The van der Waals surface area contributed by atoms with Crippen LogP contribution in [0.2, 0.25) is 5.02 Å². The number of hydrogen-bond donors (Lipinski definition) is 3. The highest BCUT2D eigenvalue weighted by Gasteiger charge is 2.14. The quantitative estimate of drug-likeness (QED) is 0.424. The first-order valence-electron chi connectivity index (χ1n) is 8.76. The Kier molecular flexibility index (Phi) is 8.43. The zero-order valence-electron chi connectivity index (χ0n) is 16.1. The van der Waals surface area contributed by atoms with Gasteiger partial charge >= 0.3 is 0 Å². The van der Waals surface area contributed by atoms with Crippen LogP contribution in [0.1, 0.15) is 41.3 Å². The fourth-order valence-electron chi connectivity index (χ4n) is 2.41. The van der Waals surface area contributed by atoms with Crippen LogP contribution in [0, 0.1) is 6.92 Å². The van der Waals surface area contributed by atoms with Gasteiger partial charge in [0.2, 0.25) is 0 Å². The summed E-state index contributed by atoms with van der Waals surface area (Å²) in [7, 11) is 0. The molecule has 0 aliphatic heterocycles. The number of ether oxygens (including phenoxy) is 1. The van der Waals surface area contributed by atoms with E-state index in [1.165, 1.54) is 0 Å². The van der Waals surface area contributed by atoms with Gasteiger partial charge in [-0.1, -0.05) is 53.5 Å². The number of rotatable bonds is 5. The molecule has 0 aliphatic carbocycles. The van der Waals surface area contributed by atoms with Crippen molar-refractivity contribution in [2.24, 2.45) is 0 Å². The molecular weight excluding hydrogens is 478 g/mol. The summed E-state index contributed by atoms with van der Waals surface area (Å²) < 4.78 is 6.67. The summed E-state index contributed by atoms with van der Waals surface area (Å²) in [6.45, 7) is 5.82. The molecule has 0 aromatic heterocycles. The van der Waals surface area contributed by atoms with Crippen molar-refractivity contribution < 1.29 is 14.3 Å². The van der Waals surface area contributed by atoms with Crippen LogP contribution in [0.3, 0.4) is 0 Å². The van der Waals surface area contributed by atoms with Gasteiger partial charge < -0.3 is 4.74 Å². The van der Waals surface area contributed by atoms with E-state index in [9.17, 15) is 9.59 Å². The summed E-state index contributed by atoms with van der Waals surface area (Å²) in [6, 6.07) is 10.4. The van der Waals surface area contributed by atoms with E-state index in [-0.39, 0.29) is 23.2 Å². The second kappa shape index (κ2) is 10.6. The lowest BCUT2D eigenvalue weighted by atomic mass is 10.0. The number of benzene rings is 2. The van der Waals surface area contributed by atoms with E-state index < -0.39 is 11.8 Å². The predicted molar refractivity (Wildman–Crippen MR) is 121 cm³/mol. The lowest BCUT2D eigenvalue weighted by Gasteiger charge is -2.16. The number of hydrogen-bond acceptors (Lipinski definition) is 4. The van der Waals surface area contributed by atoms with Crippen LogP contribution in [0.5, 0.6) is 5.75 Å². The lowest BCUT2D eigenvalue weighted by molar-refractivity contribution is -0.121. The minimum Gasteiger partial charge on any atom is -0.483 e. The van der Waals surface area contributed by atoms with E-state index in [0.717, 1.165) is 15.6 Å². The van der Waals surface area contributed by atoms with E-state index >= 15 is 0 Å². The summed E-state index contributed by atoms with van der Waals surface area (Å²) in [4.78, 5) is 24.2. The van der Waals surface area contributed by atoms with E-state index in [4.69, 9.17) is 28.6 Å². The molecule has 0 aliphatic rings. The average molecular weight is 499 g/mol. The molecule has 0 unspecified atom stereocenters. The number of amides is 2. The number of carbonyl (C=O) groups excluding carboxylic acids is 2. The Morgan fingerprint density at radius 1 is 1.21 bits per heavy atom. The van der Waals surface area contributed by atoms with E-state index in [1.54, 1.807) is 24.3 Å². The largest absolute Gasteiger partial charge is 0.483 e. The van der Waals surface area contributed by atoms with Gasteiger partial charge in [0, 0.05) is 4.47 Å². The van der Waals surface area contributed by atoms with Crippen molar-refractivity contribution in [1.29, 1.82) is 0 Å². The normalized spacial score (nSPS) is 10.4. The number of nitrogens with one attached hydrogen (secondary N) is 3. The Balaban J connectivity index is 1.87. The van der Waals surface area contributed by atoms with Gasteiger partial charge in [-0.05, 0) is 60.5 Å². The monoisotopic (exact) mass is 497 g/mol. The van der Waals surface area contributed by atoms with Crippen LogP contribution in [0.4, 0.5) is 0 Å². The predicted octanol–water partition coefficient (Wildman–Crippen LogP) is 4.25. The van der Waals surface area contributed by atoms with Crippen molar-refractivity contribution in [3.05, 3.63) is 62.6 Å². The van der Waals surface area contributed by atoms with Crippen molar-refractivity contribution >= 4 is 56.7 Å². The Morgan fingerprint density at radius 2 is 1.90 bits per heavy atom. The molecule has 2 amide bonds. The third-order valence-electron chi connectivity index (χ3n) is 3.93. The highest BCUT2D eigenvalue weighted by atomic mass is 79.9. The van der Waals surface area contributed by atoms with Gasteiger partial charge in [-0.2, -0.15) is 0 Å². The maximum atomic E-state index is 12.1. The van der Waals surface area contributed by atoms with E-state index in [2.05, 4.69) is 32.1 Å². The fraction of sp³-hybridized carbons (Fsp3) is 0.250. The van der Waals surface area contributed by atoms with E-state index in [1.807, 2.05) is 32.9 Å². The highest BCUT2D eigenvalue weighted by molar-refractivity contribution is 9.10. The van der Waals surface area contributed by atoms with Gasteiger partial charge in [-0.3, -0.25) is 25.8 Å². The van der Waals surface area contributed by atoms with Crippen LogP contribution in [-0.2, 0) is 4.79 Å². The summed E-state index contributed by atoms with van der Waals surface area (Å²) in [5.74, 6) is -0.0605. The van der Waals surface area contributed by atoms with Gasteiger partial charge in [-0.25, -0.2) is 0 Å². The molecule has 0 saturated heterocycles. The third kappa shape index (κ3) is 6.69. The zero-order chi connectivity index (χ0) is 21.6. The first-order valence-corrected chi connectivity index (χ1v) is 10.3. The second-order valence-electron chi connectivity index (χ2n) is 6.52. The SMILES string of the molecule is Cc1cc(OCC(=O)NC(=S)NNC(=O)c2ccccc2Cl)c(C(C)C)cc1Br. The molecule has 9 heteroatoms. The Labute approximate surface area is 188 Å². The molecule has 0 spiro atoms. The molecule has 0 atom stereocenters. The zero-order valence-corrected chi connectivity index (χ0v) is 19.3. The maximum absolute atomic E-state index is 12.1. The van der Waals surface area contributed by atoms with Crippen LogP contribution in [-0.4, -0.2) is 23.5 Å². The molecule has 0 bridgehead atoms. The Bertz CT molecular complexity index is 937. The number of hydrazine groups is 1. The van der Waals surface area contributed by atoms with Crippen molar-refractivity contribution in [3.8, 4) is 5.75 Å². The summed E-state index contributed by atoms with van der Waals surface area (Å²) in [5, 5.41) is 2.69. The highest BCUT2D eigenvalue weighted by Crippen LogP contribution is 2.32. The Morgan fingerprint density at radius 3 is 2.55 bits per heavy atom. The summed E-state index contributed by atoms with van der Waals surface area (Å²) >= 11 is 14.5. The number of thiocarbonyl (C=S) groups is 1.